The van der Waals surface area contributed by atoms with Gasteiger partial charge in [0.1, 0.15) is 5.54 Å². The van der Waals surface area contributed by atoms with Crippen molar-refractivity contribution in [3.05, 3.63) is 71.8 Å². The molecule has 1 spiro atoms. The van der Waals surface area contributed by atoms with Gasteiger partial charge in [-0.3, -0.25) is 0 Å². The number of carbonyl (C=O) groups is 1. The van der Waals surface area contributed by atoms with E-state index in [1.54, 1.807) is 0 Å². The number of esters is 1. The molecule has 1 atom stereocenters. The Morgan fingerprint density at radius 2 is 1.45 bits per heavy atom. The molecule has 1 fully saturated rings. The van der Waals surface area contributed by atoms with Crippen molar-refractivity contribution in [2.75, 3.05) is 6.61 Å². The van der Waals surface area contributed by atoms with Crippen molar-refractivity contribution in [2.45, 2.75) is 23.9 Å². The molecule has 22 heavy (non-hydrogen) atoms. The molecule has 0 radical (unpaired) electrons. The lowest BCUT2D eigenvalue weighted by Gasteiger charge is -2.28. The van der Waals surface area contributed by atoms with E-state index < -0.39 is 11.1 Å². The van der Waals surface area contributed by atoms with Crippen molar-refractivity contribution in [2.24, 2.45) is 10.2 Å². The normalized spacial score (nSPS) is 25.5. The second-order valence-electron chi connectivity index (χ2n) is 5.89. The van der Waals surface area contributed by atoms with Crippen LogP contribution in [0.2, 0.25) is 0 Å². The summed E-state index contributed by atoms with van der Waals surface area (Å²) in [4.78, 5) is 12.2. The van der Waals surface area contributed by atoms with Crippen molar-refractivity contribution in [3.8, 4) is 0 Å². The molecule has 0 aromatic heterocycles. The molecule has 0 amide bonds. The van der Waals surface area contributed by atoms with Gasteiger partial charge in [0.05, 0.1) is 6.61 Å². The summed E-state index contributed by atoms with van der Waals surface area (Å²) in [5.74, 6) is -0.245. The fourth-order valence-corrected chi connectivity index (χ4v) is 3.39. The molecular formula is C18H16N2O2. The summed E-state index contributed by atoms with van der Waals surface area (Å²) in [7, 11) is 0. The van der Waals surface area contributed by atoms with Crippen LogP contribution in [0.1, 0.15) is 24.0 Å². The van der Waals surface area contributed by atoms with E-state index >= 15 is 0 Å². The van der Waals surface area contributed by atoms with E-state index in [0.717, 1.165) is 11.1 Å². The molecule has 4 heteroatoms. The molecule has 2 aromatic carbocycles. The van der Waals surface area contributed by atoms with Crippen molar-refractivity contribution in [1.29, 1.82) is 0 Å². The summed E-state index contributed by atoms with van der Waals surface area (Å²) in [5, 5.41) is 9.02. The number of hydrogen-bond acceptors (Lipinski definition) is 4. The fraction of sp³-hybridized carbons (Fsp3) is 0.278. The summed E-state index contributed by atoms with van der Waals surface area (Å²) < 4.78 is 5.16. The minimum atomic E-state index is -0.814. The topological polar surface area (TPSA) is 51.0 Å². The first-order chi connectivity index (χ1) is 10.8. The second kappa shape index (κ2) is 4.77. The molecule has 4 nitrogen and oxygen atoms in total. The van der Waals surface area contributed by atoms with E-state index in [-0.39, 0.29) is 5.97 Å². The molecule has 4 rings (SSSR count). The zero-order valence-corrected chi connectivity index (χ0v) is 12.1. The van der Waals surface area contributed by atoms with Crippen LogP contribution in [0.4, 0.5) is 0 Å². The quantitative estimate of drug-likeness (QED) is 0.796. The highest BCUT2D eigenvalue weighted by molar-refractivity contribution is 5.83. The van der Waals surface area contributed by atoms with Gasteiger partial charge in [0, 0.05) is 12.8 Å². The Bertz CT molecular complexity index is 688. The molecule has 2 aliphatic heterocycles. The molecule has 2 heterocycles. The number of rotatable bonds is 2. The lowest BCUT2D eigenvalue weighted by Crippen LogP contribution is -2.36. The van der Waals surface area contributed by atoms with Gasteiger partial charge in [-0.25, -0.2) is 4.79 Å². The molecule has 110 valence electrons. The highest BCUT2D eigenvalue weighted by atomic mass is 16.5. The van der Waals surface area contributed by atoms with Crippen LogP contribution in [-0.2, 0) is 15.1 Å². The van der Waals surface area contributed by atoms with Crippen LogP contribution < -0.4 is 0 Å². The molecule has 0 bridgehead atoms. The maximum atomic E-state index is 12.2. The van der Waals surface area contributed by atoms with Crippen molar-refractivity contribution < 1.29 is 9.53 Å². The van der Waals surface area contributed by atoms with E-state index in [4.69, 9.17) is 4.74 Å². The van der Waals surface area contributed by atoms with E-state index in [2.05, 4.69) is 10.2 Å². The van der Waals surface area contributed by atoms with Gasteiger partial charge in [0.25, 0.3) is 0 Å². The Hall–Kier alpha value is -2.49. The molecule has 1 unspecified atom stereocenters. The van der Waals surface area contributed by atoms with Crippen LogP contribution in [0.15, 0.2) is 70.9 Å². The molecule has 0 N–H and O–H groups in total. The Balaban J connectivity index is 1.86. The van der Waals surface area contributed by atoms with E-state index in [0.29, 0.717) is 19.4 Å². The lowest BCUT2D eigenvalue weighted by atomic mass is 9.75. The number of benzene rings is 2. The average molecular weight is 292 g/mol. The van der Waals surface area contributed by atoms with Gasteiger partial charge in [-0.15, -0.1) is 0 Å². The minimum Gasteiger partial charge on any atom is -0.464 e. The summed E-state index contributed by atoms with van der Waals surface area (Å²) in [6, 6.07) is 20.1. The molecule has 0 aliphatic carbocycles. The predicted molar refractivity (Wildman–Crippen MR) is 81.4 cm³/mol. The predicted octanol–water partition coefficient (Wildman–Crippen LogP) is 3.47. The van der Waals surface area contributed by atoms with E-state index in [1.165, 1.54) is 0 Å². The Morgan fingerprint density at radius 1 is 0.864 bits per heavy atom. The van der Waals surface area contributed by atoms with Gasteiger partial charge in [-0.05, 0) is 11.1 Å². The zero-order chi connectivity index (χ0) is 15.0. The zero-order valence-electron chi connectivity index (χ0n) is 12.1. The van der Waals surface area contributed by atoms with Crippen molar-refractivity contribution in [1.82, 2.24) is 0 Å². The van der Waals surface area contributed by atoms with Crippen LogP contribution in [0.3, 0.4) is 0 Å². The first kappa shape index (κ1) is 13.2. The molecule has 2 aliphatic rings. The van der Waals surface area contributed by atoms with Crippen LogP contribution in [0.25, 0.3) is 0 Å². The van der Waals surface area contributed by atoms with Crippen LogP contribution >= 0.6 is 0 Å². The Kier molecular flexibility index (Phi) is 2.86. The Labute approximate surface area is 128 Å². The van der Waals surface area contributed by atoms with Gasteiger partial charge in [-0.2, -0.15) is 10.2 Å². The highest BCUT2D eigenvalue weighted by Gasteiger charge is 2.56. The van der Waals surface area contributed by atoms with E-state index in [9.17, 15) is 4.79 Å². The summed E-state index contributed by atoms with van der Waals surface area (Å²) in [5.41, 5.74) is 0.695. The van der Waals surface area contributed by atoms with Crippen LogP contribution in [-0.4, -0.2) is 18.1 Å². The van der Waals surface area contributed by atoms with Gasteiger partial charge in [0.15, 0.2) is 5.54 Å². The standard InChI is InChI=1S/C18H16N2O2/c21-16-17(11-12-22-16)13-18(20-19-17,14-7-3-1-4-8-14)15-9-5-2-6-10-15/h1-10H,11-13H2. The van der Waals surface area contributed by atoms with Gasteiger partial charge in [-0.1, -0.05) is 60.7 Å². The monoisotopic (exact) mass is 292 g/mol. The molecular weight excluding hydrogens is 276 g/mol. The maximum Gasteiger partial charge on any atom is 0.336 e. The highest BCUT2D eigenvalue weighted by Crippen LogP contribution is 2.50. The summed E-state index contributed by atoms with van der Waals surface area (Å²) in [6.45, 7) is 0.428. The van der Waals surface area contributed by atoms with Gasteiger partial charge < -0.3 is 4.74 Å². The first-order valence-corrected chi connectivity index (χ1v) is 7.48. The van der Waals surface area contributed by atoms with Gasteiger partial charge in [0.2, 0.25) is 0 Å². The fourth-order valence-electron chi connectivity index (χ4n) is 3.39. The number of hydrogen-bond donors (Lipinski definition) is 0. The largest absolute Gasteiger partial charge is 0.464 e. The number of ether oxygens (including phenoxy) is 1. The number of azo groups is 1. The van der Waals surface area contributed by atoms with Crippen LogP contribution in [0, 0.1) is 0 Å². The van der Waals surface area contributed by atoms with Crippen molar-refractivity contribution >= 4 is 5.97 Å². The van der Waals surface area contributed by atoms with Crippen LogP contribution in [0.5, 0.6) is 0 Å². The lowest BCUT2D eigenvalue weighted by molar-refractivity contribution is -0.142. The third-order valence-corrected chi connectivity index (χ3v) is 4.59. The van der Waals surface area contributed by atoms with E-state index in [1.807, 2.05) is 60.7 Å². The first-order valence-electron chi connectivity index (χ1n) is 7.48. The minimum absolute atomic E-state index is 0.245. The molecule has 2 aromatic rings. The summed E-state index contributed by atoms with van der Waals surface area (Å²) >= 11 is 0. The second-order valence-corrected chi connectivity index (χ2v) is 5.89. The third kappa shape index (κ3) is 1.80. The number of cyclic esters (lactones) is 1. The molecule has 1 saturated heterocycles. The Morgan fingerprint density at radius 3 is 1.95 bits per heavy atom. The van der Waals surface area contributed by atoms with Gasteiger partial charge >= 0.3 is 5.97 Å². The van der Waals surface area contributed by atoms with Crippen molar-refractivity contribution in [3.63, 3.8) is 0 Å². The molecule has 0 saturated carbocycles. The third-order valence-electron chi connectivity index (χ3n) is 4.59. The SMILES string of the molecule is O=C1OCCC12CC(c1ccccc1)(c1ccccc1)N=N2. The number of carbonyl (C=O) groups excluding carboxylic acids is 1. The summed E-state index contributed by atoms with van der Waals surface area (Å²) in [6.07, 6.45) is 1.14. The number of nitrogens with zero attached hydrogens (tertiary/aromatic N) is 2. The smallest absolute Gasteiger partial charge is 0.336 e. The maximum absolute atomic E-state index is 12.2. The average Bonchev–Trinajstić information content (AvgIpc) is 3.15.